The fraction of sp³-hybridized carbons (Fsp3) is 0.714. The molecule has 7 heteroatoms. The van der Waals surface area contributed by atoms with Crippen molar-refractivity contribution >= 4 is 37.3 Å². The normalized spacial score (nSPS) is 21.0. The van der Waals surface area contributed by atoms with Gasteiger partial charge in [0.05, 0.1) is 3.79 Å². The van der Waals surface area contributed by atoms with Gasteiger partial charge < -0.3 is 5.32 Å². The number of hydrogen-bond donors (Lipinski definition) is 2. The van der Waals surface area contributed by atoms with Crippen molar-refractivity contribution in [2.75, 3.05) is 6.54 Å². The number of thiophene rings is 1. The number of sulfonamides is 1. The lowest BCUT2D eigenvalue weighted by atomic mass is 10.1. The van der Waals surface area contributed by atoms with Crippen LogP contribution in [0.15, 0.2) is 14.7 Å². The van der Waals surface area contributed by atoms with Crippen LogP contribution in [0.1, 0.15) is 39.0 Å². The van der Waals surface area contributed by atoms with Gasteiger partial charge >= 0.3 is 0 Å². The van der Waals surface area contributed by atoms with Crippen LogP contribution < -0.4 is 10.0 Å². The predicted molar refractivity (Wildman–Crippen MR) is 91.1 cm³/mol. The highest BCUT2D eigenvalue weighted by molar-refractivity contribution is 9.11. The van der Waals surface area contributed by atoms with E-state index in [0.717, 1.165) is 11.3 Å². The molecule has 1 aromatic heterocycles. The summed E-state index contributed by atoms with van der Waals surface area (Å²) in [6, 6.07) is 2.13. The quantitative estimate of drug-likeness (QED) is 0.745. The molecule has 0 aliphatic heterocycles. The maximum absolute atomic E-state index is 12.4. The first kappa shape index (κ1) is 17.4. The Hall–Kier alpha value is 0.0500. The Morgan fingerprint density at radius 1 is 1.48 bits per heavy atom. The van der Waals surface area contributed by atoms with Crippen LogP contribution in [-0.4, -0.2) is 21.0 Å². The highest BCUT2D eigenvalue weighted by atomic mass is 79.9. The van der Waals surface area contributed by atoms with Gasteiger partial charge in [0.15, 0.2) is 0 Å². The van der Waals surface area contributed by atoms with Crippen molar-refractivity contribution in [1.82, 2.24) is 10.0 Å². The summed E-state index contributed by atoms with van der Waals surface area (Å²) in [7, 11) is -3.43. The minimum atomic E-state index is -3.43. The summed E-state index contributed by atoms with van der Waals surface area (Å²) in [6.45, 7) is 9.69. The number of nitrogens with one attached hydrogen (secondary N) is 2. The van der Waals surface area contributed by atoms with Gasteiger partial charge in [0.1, 0.15) is 4.90 Å². The van der Waals surface area contributed by atoms with Crippen LogP contribution >= 0.6 is 27.3 Å². The lowest BCUT2D eigenvalue weighted by Gasteiger charge is -2.07. The summed E-state index contributed by atoms with van der Waals surface area (Å²) in [5.41, 5.74) is 0.279. The summed E-state index contributed by atoms with van der Waals surface area (Å²) >= 11 is 4.84. The van der Waals surface area contributed by atoms with Crippen LogP contribution in [0.3, 0.4) is 0 Å². The summed E-state index contributed by atoms with van der Waals surface area (Å²) in [6.07, 6.45) is 1.09. The van der Waals surface area contributed by atoms with Crippen LogP contribution in [0.2, 0.25) is 0 Å². The Bertz CT molecular complexity index is 608. The minimum Gasteiger partial charge on any atom is -0.310 e. The first-order chi connectivity index (χ1) is 9.62. The van der Waals surface area contributed by atoms with E-state index in [1.807, 2.05) is 0 Å². The molecule has 0 spiro atoms. The average molecular weight is 395 g/mol. The van der Waals surface area contributed by atoms with Gasteiger partial charge in [0, 0.05) is 24.0 Å². The van der Waals surface area contributed by atoms with E-state index in [9.17, 15) is 8.42 Å². The van der Waals surface area contributed by atoms with E-state index in [4.69, 9.17) is 0 Å². The topological polar surface area (TPSA) is 58.2 Å². The Morgan fingerprint density at radius 2 is 2.10 bits per heavy atom. The van der Waals surface area contributed by atoms with Gasteiger partial charge in [0.2, 0.25) is 10.0 Å². The van der Waals surface area contributed by atoms with Crippen LogP contribution in [0, 0.1) is 11.3 Å². The summed E-state index contributed by atoms with van der Waals surface area (Å²) < 4.78 is 28.2. The average Bonchev–Trinajstić information content (AvgIpc) is 2.78. The molecule has 1 fully saturated rings. The van der Waals surface area contributed by atoms with E-state index in [1.54, 1.807) is 6.07 Å². The summed E-state index contributed by atoms with van der Waals surface area (Å²) in [5.74, 6) is 0.451. The van der Waals surface area contributed by atoms with Crippen LogP contribution in [0.5, 0.6) is 0 Å². The van der Waals surface area contributed by atoms with Crippen LogP contribution in [0.25, 0.3) is 0 Å². The van der Waals surface area contributed by atoms with Crippen LogP contribution in [-0.2, 0) is 16.6 Å². The molecule has 1 aromatic rings. The molecule has 0 amide bonds. The molecule has 120 valence electrons. The summed E-state index contributed by atoms with van der Waals surface area (Å²) in [4.78, 5) is 1.37. The number of hydrogen-bond acceptors (Lipinski definition) is 4. The molecule has 0 radical (unpaired) electrons. The lowest BCUT2D eigenvalue weighted by molar-refractivity contribution is 0.537. The second kappa shape index (κ2) is 6.28. The maximum Gasteiger partial charge on any atom is 0.242 e. The molecule has 1 heterocycles. The Balaban J connectivity index is 2.02. The minimum absolute atomic E-state index is 0.279. The Kier molecular flexibility index (Phi) is 5.20. The molecule has 1 saturated carbocycles. The van der Waals surface area contributed by atoms with Crippen molar-refractivity contribution in [3.05, 3.63) is 14.7 Å². The molecule has 4 nitrogen and oxygen atoms in total. The zero-order valence-electron chi connectivity index (χ0n) is 12.9. The fourth-order valence-corrected chi connectivity index (χ4v) is 5.90. The standard InChI is InChI=1S/C14H23BrN2O2S2/c1-9(2)16-8-11-5-12(13(15)20-11)21(18,19)17-7-10-6-14(10,3)4/h5,9-10,16-17H,6-8H2,1-4H3. The van der Waals surface area contributed by atoms with Crippen molar-refractivity contribution in [2.45, 2.75) is 51.6 Å². The van der Waals surface area contributed by atoms with E-state index >= 15 is 0 Å². The van der Waals surface area contributed by atoms with Gasteiger partial charge in [-0.25, -0.2) is 13.1 Å². The molecule has 0 saturated heterocycles. The third-order valence-electron chi connectivity index (χ3n) is 3.92. The van der Waals surface area contributed by atoms with Crippen molar-refractivity contribution in [3.63, 3.8) is 0 Å². The molecule has 0 bridgehead atoms. The van der Waals surface area contributed by atoms with Gasteiger partial charge in [0.25, 0.3) is 0 Å². The van der Waals surface area contributed by atoms with Gasteiger partial charge in [-0.05, 0) is 39.8 Å². The first-order valence-corrected chi connectivity index (χ1v) is 10.2. The fourth-order valence-electron chi connectivity index (χ4n) is 2.19. The van der Waals surface area contributed by atoms with E-state index in [2.05, 4.69) is 53.7 Å². The molecule has 1 aliphatic carbocycles. The Labute approximate surface area is 139 Å². The monoisotopic (exact) mass is 394 g/mol. The van der Waals surface area contributed by atoms with Gasteiger partial charge in [-0.15, -0.1) is 11.3 Å². The third kappa shape index (κ3) is 4.51. The molecule has 2 N–H and O–H groups in total. The molecule has 1 atom stereocenters. The van der Waals surface area contributed by atoms with E-state index < -0.39 is 10.0 Å². The SMILES string of the molecule is CC(C)NCc1cc(S(=O)(=O)NCC2CC2(C)C)c(Br)s1. The van der Waals surface area contributed by atoms with Gasteiger partial charge in [-0.1, -0.05) is 27.7 Å². The van der Waals surface area contributed by atoms with Crippen LogP contribution in [0.4, 0.5) is 0 Å². The highest BCUT2D eigenvalue weighted by Gasteiger charge is 2.45. The molecular formula is C14H23BrN2O2S2. The largest absolute Gasteiger partial charge is 0.310 e. The number of halogens is 1. The van der Waals surface area contributed by atoms with E-state index in [0.29, 0.717) is 33.7 Å². The zero-order valence-corrected chi connectivity index (χ0v) is 16.1. The van der Waals surface area contributed by atoms with Crippen molar-refractivity contribution in [3.8, 4) is 0 Å². The smallest absolute Gasteiger partial charge is 0.242 e. The third-order valence-corrected chi connectivity index (χ3v) is 7.59. The zero-order chi connectivity index (χ0) is 15.8. The maximum atomic E-state index is 12.4. The highest BCUT2D eigenvalue weighted by Crippen LogP contribution is 2.51. The van der Waals surface area contributed by atoms with Gasteiger partial charge in [-0.3, -0.25) is 0 Å². The Morgan fingerprint density at radius 3 is 2.62 bits per heavy atom. The molecule has 2 rings (SSSR count). The van der Waals surface area contributed by atoms with Crippen molar-refractivity contribution in [1.29, 1.82) is 0 Å². The lowest BCUT2D eigenvalue weighted by Crippen LogP contribution is -2.26. The van der Waals surface area contributed by atoms with E-state index in [1.165, 1.54) is 11.3 Å². The molecule has 21 heavy (non-hydrogen) atoms. The van der Waals surface area contributed by atoms with Crippen molar-refractivity contribution < 1.29 is 8.42 Å². The molecule has 1 aliphatic rings. The molecule has 1 unspecified atom stereocenters. The number of rotatable bonds is 7. The molecular weight excluding hydrogens is 372 g/mol. The summed E-state index contributed by atoms with van der Waals surface area (Å²) in [5, 5.41) is 3.30. The van der Waals surface area contributed by atoms with Gasteiger partial charge in [-0.2, -0.15) is 0 Å². The second-order valence-corrected chi connectivity index (χ2v) is 10.8. The second-order valence-electron chi connectivity index (χ2n) is 6.63. The van der Waals surface area contributed by atoms with E-state index in [-0.39, 0.29) is 5.41 Å². The first-order valence-electron chi connectivity index (χ1n) is 7.13. The van der Waals surface area contributed by atoms with Crippen molar-refractivity contribution in [2.24, 2.45) is 11.3 Å². The predicted octanol–water partition coefficient (Wildman–Crippen LogP) is 3.33. The molecule has 0 aromatic carbocycles.